The number of aromatic nitrogens is 5. The Hall–Kier alpha value is -3.03. The number of piperidine rings is 1. The molecule has 6 heterocycles. The molecule has 3 aromatic heterocycles. The predicted octanol–water partition coefficient (Wildman–Crippen LogP) is 6.01. The number of likely N-dealkylation sites (tertiary alicyclic amines) is 1. The van der Waals surface area contributed by atoms with E-state index in [0.717, 1.165) is 58.2 Å². The minimum atomic E-state index is -0.651. The molecule has 0 aliphatic carbocycles. The number of ether oxygens (including phenoxy) is 4. The van der Waals surface area contributed by atoms with Crippen LogP contribution in [-0.2, 0) is 9.47 Å². The summed E-state index contributed by atoms with van der Waals surface area (Å²) in [5, 5.41) is 5.66. The molecule has 0 spiro atoms. The van der Waals surface area contributed by atoms with Crippen LogP contribution >= 0.6 is 23.2 Å². The number of hydrogen-bond acceptors (Lipinski definition) is 10. The van der Waals surface area contributed by atoms with Crippen LogP contribution in [0.2, 0.25) is 10.2 Å². The normalized spacial score (nSPS) is 23.1. The van der Waals surface area contributed by atoms with Crippen molar-refractivity contribution in [3.05, 3.63) is 34.3 Å². The van der Waals surface area contributed by atoms with Gasteiger partial charge in [0.2, 0.25) is 5.88 Å². The van der Waals surface area contributed by atoms with Crippen LogP contribution in [0.3, 0.4) is 0 Å². The average molecular weight is 647 g/mol. The molecule has 14 heteroatoms. The smallest absolute Gasteiger partial charge is 0.319 e. The zero-order valence-corrected chi connectivity index (χ0v) is 26.2. The molecule has 3 saturated heterocycles. The van der Waals surface area contributed by atoms with Gasteiger partial charge in [0.15, 0.2) is 12.0 Å². The highest BCUT2D eigenvalue weighted by molar-refractivity contribution is 6.33. The molecular formula is C30H34Cl2FN7O4. The lowest BCUT2D eigenvalue weighted by atomic mass is 10.1. The third kappa shape index (κ3) is 5.62. The van der Waals surface area contributed by atoms with Gasteiger partial charge in [-0.2, -0.15) is 20.1 Å². The van der Waals surface area contributed by atoms with Crippen LogP contribution in [0.5, 0.6) is 17.6 Å². The first-order chi connectivity index (χ1) is 21.4. The van der Waals surface area contributed by atoms with Crippen LogP contribution in [0.25, 0.3) is 21.8 Å². The van der Waals surface area contributed by atoms with E-state index in [1.54, 1.807) is 24.1 Å². The number of rotatable bonds is 7. The lowest BCUT2D eigenvalue weighted by molar-refractivity contribution is -0.0366. The maximum absolute atomic E-state index is 15.3. The van der Waals surface area contributed by atoms with E-state index in [4.69, 9.17) is 52.1 Å². The molecule has 234 valence electrons. The number of benzene rings is 1. The second-order valence-corrected chi connectivity index (χ2v) is 12.4. The van der Waals surface area contributed by atoms with Gasteiger partial charge in [-0.3, -0.25) is 4.90 Å². The van der Waals surface area contributed by atoms with E-state index >= 15 is 4.39 Å². The van der Waals surface area contributed by atoms with Crippen LogP contribution < -0.4 is 14.4 Å². The number of methoxy groups -OCH3 is 1. The van der Waals surface area contributed by atoms with Gasteiger partial charge in [-0.15, -0.1) is 0 Å². The molecule has 0 saturated carbocycles. The lowest BCUT2D eigenvalue weighted by Crippen LogP contribution is -2.33. The standard InChI is InChI=1S/C30H34Cl2FN7O4/c1-38-15-21(41-2)22(16-38)43-30-36-26-17(28(37-30)39-9-5-3-6-10-39)12-23(31)35-29(26)44-27-18-14-34-40(24-8-4-7-11-42-24)20(18)13-19(33)25(27)32/h12-14,21-22,24H,3-11,15-16H2,1-2H3/t21-,22-,24?/m1/s1. The van der Waals surface area contributed by atoms with Gasteiger partial charge < -0.3 is 23.8 Å². The van der Waals surface area contributed by atoms with E-state index in [2.05, 4.69) is 19.9 Å². The molecule has 3 aliphatic rings. The molecule has 3 aliphatic heterocycles. The Labute approximate surface area is 264 Å². The Morgan fingerprint density at radius 2 is 1.80 bits per heavy atom. The van der Waals surface area contributed by atoms with Crippen molar-refractivity contribution in [3.8, 4) is 17.6 Å². The highest BCUT2D eigenvalue weighted by Gasteiger charge is 2.34. The zero-order chi connectivity index (χ0) is 30.4. The molecule has 0 radical (unpaired) electrons. The Kier molecular flexibility index (Phi) is 8.36. The van der Waals surface area contributed by atoms with E-state index in [9.17, 15) is 0 Å². The summed E-state index contributed by atoms with van der Waals surface area (Å²) in [7, 11) is 3.68. The van der Waals surface area contributed by atoms with Crippen molar-refractivity contribution < 1.29 is 23.3 Å². The van der Waals surface area contributed by atoms with E-state index in [1.165, 1.54) is 6.07 Å². The monoisotopic (exact) mass is 645 g/mol. The molecule has 0 N–H and O–H groups in total. The summed E-state index contributed by atoms with van der Waals surface area (Å²) in [6.45, 7) is 3.66. The van der Waals surface area contributed by atoms with E-state index < -0.39 is 5.82 Å². The SMILES string of the molecule is CO[C@@H]1CN(C)C[C@H]1Oc1nc(N2CCCCC2)c2cc(Cl)nc(Oc3c(Cl)c(F)cc4c3cnn4C3CCCCO3)c2n1. The minimum Gasteiger partial charge on any atom is -0.456 e. The number of fused-ring (bicyclic) bond motifs is 2. The zero-order valence-electron chi connectivity index (χ0n) is 24.6. The van der Waals surface area contributed by atoms with Crippen molar-refractivity contribution >= 4 is 50.8 Å². The van der Waals surface area contributed by atoms with Crippen molar-refractivity contribution in [2.45, 2.75) is 57.0 Å². The van der Waals surface area contributed by atoms with Crippen molar-refractivity contribution in [2.24, 2.45) is 0 Å². The van der Waals surface area contributed by atoms with Crippen molar-refractivity contribution in [3.63, 3.8) is 0 Å². The van der Waals surface area contributed by atoms with Crippen molar-refractivity contribution in [2.75, 3.05) is 51.8 Å². The second kappa shape index (κ2) is 12.4. The lowest BCUT2D eigenvalue weighted by Gasteiger charge is -2.29. The molecule has 44 heavy (non-hydrogen) atoms. The number of nitrogens with zero attached hydrogens (tertiary/aromatic N) is 7. The Morgan fingerprint density at radius 3 is 2.57 bits per heavy atom. The summed E-state index contributed by atoms with van der Waals surface area (Å²) in [6.07, 6.45) is 6.86. The highest BCUT2D eigenvalue weighted by Crippen LogP contribution is 2.43. The van der Waals surface area contributed by atoms with Gasteiger partial charge in [-0.1, -0.05) is 23.2 Å². The quantitative estimate of drug-likeness (QED) is 0.222. The summed E-state index contributed by atoms with van der Waals surface area (Å²) in [6, 6.07) is 3.25. The van der Waals surface area contributed by atoms with Crippen LogP contribution in [0.4, 0.5) is 10.2 Å². The number of anilines is 1. The molecular weight excluding hydrogens is 612 g/mol. The first-order valence-corrected chi connectivity index (χ1v) is 15.8. The first kappa shape index (κ1) is 29.7. The Morgan fingerprint density at radius 1 is 0.977 bits per heavy atom. The summed E-state index contributed by atoms with van der Waals surface area (Å²) >= 11 is 13.1. The van der Waals surface area contributed by atoms with Crippen LogP contribution in [0.15, 0.2) is 18.3 Å². The third-order valence-electron chi connectivity index (χ3n) is 8.57. The molecule has 1 aromatic carbocycles. The fourth-order valence-electron chi connectivity index (χ4n) is 6.35. The van der Waals surface area contributed by atoms with E-state index in [-0.39, 0.29) is 46.3 Å². The molecule has 0 bridgehead atoms. The van der Waals surface area contributed by atoms with E-state index in [0.29, 0.717) is 40.8 Å². The molecule has 0 amide bonds. The molecule has 4 aromatic rings. The van der Waals surface area contributed by atoms with Gasteiger partial charge in [-0.05, 0) is 51.6 Å². The summed E-state index contributed by atoms with van der Waals surface area (Å²) in [5.74, 6) is 0.149. The summed E-state index contributed by atoms with van der Waals surface area (Å²) in [4.78, 5) is 18.5. The first-order valence-electron chi connectivity index (χ1n) is 15.1. The molecule has 11 nitrogen and oxygen atoms in total. The molecule has 1 unspecified atom stereocenters. The van der Waals surface area contributed by atoms with Crippen molar-refractivity contribution in [1.82, 2.24) is 29.6 Å². The van der Waals surface area contributed by atoms with Crippen LogP contribution in [-0.4, -0.2) is 88.8 Å². The largest absolute Gasteiger partial charge is 0.456 e. The number of halogens is 3. The summed E-state index contributed by atoms with van der Waals surface area (Å²) < 4.78 is 41.3. The van der Waals surface area contributed by atoms with Gasteiger partial charge in [0.05, 0.1) is 22.5 Å². The van der Waals surface area contributed by atoms with Gasteiger partial charge in [0.1, 0.15) is 39.5 Å². The molecule has 3 fully saturated rings. The highest BCUT2D eigenvalue weighted by atomic mass is 35.5. The fraction of sp³-hybridized carbons (Fsp3) is 0.533. The van der Waals surface area contributed by atoms with Crippen molar-refractivity contribution in [1.29, 1.82) is 0 Å². The van der Waals surface area contributed by atoms with Crippen LogP contribution in [0, 0.1) is 5.82 Å². The number of hydrogen-bond donors (Lipinski definition) is 0. The predicted molar refractivity (Wildman–Crippen MR) is 165 cm³/mol. The average Bonchev–Trinajstić information content (AvgIpc) is 3.62. The van der Waals surface area contributed by atoms with Gasteiger partial charge in [0.25, 0.3) is 0 Å². The maximum Gasteiger partial charge on any atom is 0.319 e. The Bertz CT molecular complexity index is 1680. The fourth-order valence-corrected chi connectivity index (χ4v) is 6.73. The van der Waals surface area contributed by atoms with Crippen LogP contribution in [0.1, 0.15) is 44.8 Å². The Balaban J connectivity index is 1.34. The van der Waals surface area contributed by atoms with Gasteiger partial charge in [-0.25, -0.2) is 9.07 Å². The number of pyridine rings is 1. The van der Waals surface area contributed by atoms with Gasteiger partial charge >= 0.3 is 6.01 Å². The molecule has 3 atom stereocenters. The summed E-state index contributed by atoms with van der Waals surface area (Å²) in [5.41, 5.74) is 0.875. The number of likely N-dealkylation sites (N-methyl/N-ethyl adjacent to an activating group) is 1. The van der Waals surface area contributed by atoms with E-state index in [1.807, 2.05) is 7.05 Å². The maximum atomic E-state index is 15.3. The minimum absolute atomic E-state index is 0.0558. The third-order valence-corrected chi connectivity index (χ3v) is 9.12. The molecule has 7 rings (SSSR count). The topological polar surface area (TPSA) is 99.9 Å². The van der Waals surface area contributed by atoms with Gasteiger partial charge in [0, 0.05) is 46.0 Å². The second-order valence-electron chi connectivity index (χ2n) is 11.6.